The normalized spacial score (nSPS) is 10.5. The summed E-state index contributed by atoms with van der Waals surface area (Å²) in [5, 5.41) is 3.11. The van der Waals surface area contributed by atoms with Gasteiger partial charge in [-0.2, -0.15) is 0 Å². The zero-order valence-electron chi connectivity index (χ0n) is 11.5. The van der Waals surface area contributed by atoms with Crippen molar-refractivity contribution in [1.82, 2.24) is 5.32 Å². The number of halogens is 1. The topological polar surface area (TPSA) is 21.3 Å². The van der Waals surface area contributed by atoms with Crippen molar-refractivity contribution >= 4 is 0 Å². The number of nitrogens with one attached hydrogen (secondary N) is 1. The van der Waals surface area contributed by atoms with Crippen molar-refractivity contribution in [3.05, 3.63) is 53.3 Å². The number of ether oxygens (including phenoxy) is 1. The van der Waals surface area contributed by atoms with Crippen molar-refractivity contribution < 1.29 is 9.13 Å². The number of hydrogen-bond donors (Lipinski definition) is 1. The van der Waals surface area contributed by atoms with Gasteiger partial charge in [-0.05, 0) is 37.2 Å². The van der Waals surface area contributed by atoms with Crippen LogP contribution in [0.25, 0.3) is 11.1 Å². The van der Waals surface area contributed by atoms with Crippen LogP contribution in [0.3, 0.4) is 0 Å². The first-order valence-electron chi connectivity index (χ1n) is 6.23. The maximum atomic E-state index is 14.2. The predicted molar refractivity (Wildman–Crippen MR) is 75.9 cm³/mol. The fourth-order valence-electron chi connectivity index (χ4n) is 2.13. The first-order chi connectivity index (χ1) is 9.15. The quantitative estimate of drug-likeness (QED) is 0.907. The molecule has 2 aromatic carbocycles. The molecule has 0 bridgehead atoms. The summed E-state index contributed by atoms with van der Waals surface area (Å²) in [6.45, 7) is 2.72. The van der Waals surface area contributed by atoms with Gasteiger partial charge in [0.05, 0.1) is 7.11 Å². The molecule has 0 aromatic heterocycles. The Labute approximate surface area is 113 Å². The minimum Gasteiger partial charge on any atom is -0.497 e. The van der Waals surface area contributed by atoms with Crippen molar-refractivity contribution in [2.75, 3.05) is 14.2 Å². The van der Waals surface area contributed by atoms with E-state index in [-0.39, 0.29) is 5.82 Å². The lowest BCUT2D eigenvalue weighted by Crippen LogP contribution is -2.07. The Balaban J connectivity index is 2.54. The lowest BCUT2D eigenvalue weighted by atomic mass is 9.97. The highest BCUT2D eigenvalue weighted by Crippen LogP contribution is 2.29. The molecule has 0 unspecified atom stereocenters. The van der Waals surface area contributed by atoms with E-state index in [1.165, 1.54) is 13.2 Å². The van der Waals surface area contributed by atoms with Gasteiger partial charge in [-0.3, -0.25) is 0 Å². The maximum Gasteiger partial charge on any atom is 0.134 e. The summed E-state index contributed by atoms with van der Waals surface area (Å²) >= 11 is 0. The summed E-state index contributed by atoms with van der Waals surface area (Å²) in [7, 11) is 3.42. The highest BCUT2D eigenvalue weighted by atomic mass is 19.1. The van der Waals surface area contributed by atoms with Gasteiger partial charge >= 0.3 is 0 Å². The highest BCUT2D eigenvalue weighted by Gasteiger charge is 2.10. The molecule has 0 aliphatic carbocycles. The third-order valence-electron chi connectivity index (χ3n) is 3.10. The van der Waals surface area contributed by atoms with Crippen LogP contribution in [0.4, 0.5) is 4.39 Å². The van der Waals surface area contributed by atoms with E-state index in [1.54, 1.807) is 12.1 Å². The zero-order chi connectivity index (χ0) is 13.8. The molecule has 0 atom stereocenters. The van der Waals surface area contributed by atoms with Gasteiger partial charge in [0.15, 0.2) is 0 Å². The van der Waals surface area contributed by atoms with Gasteiger partial charge in [-0.1, -0.05) is 23.8 Å². The van der Waals surface area contributed by atoms with Crippen LogP contribution < -0.4 is 10.1 Å². The molecule has 0 spiro atoms. The van der Waals surface area contributed by atoms with Crippen LogP contribution >= 0.6 is 0 Å². The first kappa shape index (κ1) is 13.6. The molecule has 0 amide bonds. The third kappa shape index (κ3) is 2.93. The molecule has 0 saturated heterocycles. The first-order valence-corrected chi connectivity index (χ1v) is 6.23. The lowest BCUT2D eigenvalue weighted by molar-refractivity contribution is 0.411. The van der Waals surface area contributed by atoms with E-state index < -0.39 is 0 Å². The fourth-order valence-corrected chi connectivity index (χ4v) is 2.13. The van der Waals surface area contributed by atoms with Gasteiger partial charge in [0, 0.05) is 18.2 Å². The number of aryl methyl sites for hydroxylation is 1. The Hall–Kier alpha value is -1.87. The van der Waals surface area contributed by atoms with Crippen LogP contribution in [-0.4, -0.2) is 14.2 Å². The van der Waals surface area contributed by atoms with E-state index in [9.17, 15) is 4.39 Å². The average molecular weight is 259 g/mol. The summed E-state index contributed by atoms with van der Waals surface area (Å²) in [6, 6.07) is 11.0. The Morgan fingerprint density at radius 2 is 1.89 bits per heavy atom. The van der Waals surface area contributed by atoms with Gasteiger partial charge in [0.1, 0.15) is 11.6 Å². The van der Waals surface area contributed by atoms with Crippen molar-refractivity contribution in [3.63, 3.8) is 0 Å². The molecule has 2 aromatic rings. The fraction of sp³-hybridized carbons (Fsp3) is 0.250. The smallest absolute Gasteiger partial charge is 0.134 e. The molecule has 2 nitrogen and oxygen atoms in total. The number of benzene rings is 2. The van der Waals surface area contributed by atoms with Crippen LogP contribution in [0, 0.1) is 12.7 Å². The van der Waals surface area contributed by atoms with Crippen molar-refractivity contribution in [2.24, 2.45) is 0 Å². The molecular weight excluding hydrogens is 241 g/mol. The van der Waals surface area contributed by atoms with E-state index in [1.807, 2.05) is 32.2 Å². The number of rotatable bonds is 4. The standard InChI is InChI=1S/C16H18FNO/c1-11-4-5-12(10-18-2)15(8-11)14-7-6-13(19-3)9-16(14)17/h4-9,18H,10H2,1-3H3. The lowest BCUT2D eigenvalue weighted by Gasteiger charge is -2.12. The van der Waals surface area contributed by atoms with Crippen molar-refractivity contribution in [2.45, 2.75) is 13.5 Å². The van der Waals surface area contributed by atoms with Crippen LogP contribution in [-0.2, 0) is 6.54 Å². The Morgan fingerprint density at radius 1 is 1.11 bits per heavy atom. The number of methoxy groups -OCH3 is 1. The van der Waals surface area contributed by atoms with E-state index in [4.69, 9.17) is 4.74 Å². The van der Waals surface area contributed by atoms with Gasteiger partial charge < -0.3 is 10.1 Å². The zero-order valence-corrected chi connectivity index (χ0v) is 11.5. The second kappa shape index (κ2) is 5.85. The summed E-state index contributed by atoms with van der Waals surface area (Å²) in [4.78, 5) is 0. The Morgan fingerprint density at radius 3 is 2.53 bits per heavy atom. The van der Waals surface area contributed by atoms with E-state index in [0.717, 1.165) is 16.7 Å². The van der Waals surface area contributed by atoms with Gasteiger partial charge in [-0.25, -0.2) is 4.39 Å². The molecule has 0 radical (unpaired) electrons. The minimum atomic E-state index is -0.262. The molecule has 0 saturated carbocycles. The molecule has 0 fully saturated rings. The molecule has 0 aliphatic heterocycles. The second-order valence-electron chi connectivity index (χ2n) is 4.54. The van der Waals surface area contributed by atoms with Crippen LogP contribution in [0.2, 0.25) is 0 Å². The predicted octanol–water partition coefficient (Wildman–Crippen LogP) is 3.53. The summed E-state index contributed by atoms with van der Waals surface area (Å²) in [5.41, 5.74) is 3.73. The van der Waals surface area contributed by atoms with Crippen molar-refractivity contribution in [3.8, 4) is 16.9 Å². The minimum absolute atomic E-state index is 0.262. The molecule has 100 valence electrons. The van der Waals surface area contributed by atoms with Gasteiger partial charge in [0.25, 0.3) is 0 Å². The summed E-state index contributed by atoms with van der Waals surface area (Å²) in [6.07, 6.45) is 0. The van der Waals surface area contributed by atoms with Crippen LogP contribution in [0.15, 0.2) is 36.4 Å². The van der Waals surface area contributed by atoms with Crippen LogP contribution in [0.1, 0.15) is 11.1 Å². The van der Waals surface area contributed by atoms with E-state index >= 15 is 0 Å². The molecule has 19 heavy (non-hydrogen) atoms. The van der Waals surface area contributed by atoms with E-state index in [0.29, 0.717) is 17.9 Å². The third-order valence-corrected chi connectivity index (χ3v) is 3.10. The molecule has 0 heterocycles. The molecule has 2 rings (SSSR count). The second-order valence-corrected chi connectivity index (χ2v) is 4.54. The van der Waals surface area contributed by atoms with Gasteiger partial charge in [0.2, 0.25) is 0 Å². The Bertz CT molecular complexity index is 581. The molecule has 0 aliphatic rings. The molecule has 1 N–H and O–H groups in total. The SMILES string of the molecule is CNCc1ccc(C)cc1-c1ccc(OC)cc1F. The summed E-state index contributed by atoms with van der Waals surface area (Å²) in [5.74, 6) is 0.270. The number of hydrogen-bond acceptors (Lipinski definition) is 2. The maximum absolute atomic E-state index is 14.2. The van der Waals surface area contributed by atoms with Crippen LogP contribution in [0.5, 0.6) is 5.75 Å². The molecule has 3 heteroatoms. The monoisotopic (exact) mass is 259 g/mol. The van der Waals surface area contributed by atoms with E-state index in [2.05, 4.69) is 5.32 Å². The van der Waals surface area contributed by atoms with Crippen molar-refractivity contribution in [1.29, 1.82) is 0 Å². The molecular formula is C16H18FNO. The summed E-state index contributed by atoms with van der Waals surface area (Å²) < 4.78 is 19.2. The largest absolute Gasteiger partial charge is 0.497 e. The Kier molecular flexibility index (Phi) is 4.17. The van der Waals surface area contributed by atoms with Gasteiger partial charge in [-0.15, -0.1) is 0 Å². The highest BCUT2D eigenvalue weighted by molar-refractivity contribution is 5.69. The average Bonchev–Trinajstić information content (AvgIpc) is 2.41.